The van der Waals surface area contributed by atoms with Crippen LogP contribution in [-0.2, 0) is 9.59 Å². The molecule has 1 amide bonds. The molecular formula is C26H22ClNO5. The maximum Gasteiger partial charge on any atom is 0.300 e. The number of anilines is 1. The first-order chi connectivity index (χ1) is 15.8. The van der Waals surface area contributed by atoms with E-state index < -0.39 is 17.7 Å². The molecule has 3 aromatic rings. The van der Waals surface area contributed by atoms with Crippen LogP contribution in [0.25, 0.3) is 5.76 Å². The molecule has 1 unspecified atom stereocenters. The minimum atomic E-state index is -0.901. The van der Waals surface area contributed by atoms with Crippen molar-refractivity contribution in [1.82, 2.24) is 0 Å². The first-order valence-corrected chi connectivity index (χ1v) is 10.8. The minimum absolute atomic E-state index is 0.0423. The number of Topliss-reactive ketones (excluding diaryl/α,β-unsaturated/α-hetero) is 1. The zero-order valence-corrected chi connectivity index (χ0v) is 18.8. The van der Waals surface area contributed by atoms with Crippen LogP contribution in [0.2, 0.25) is 5.02 Å². The number of hydrogen-bond acceptors (Lipinski definition) is 5. The summed E-state index contributed by atoms with van der Waals surface area (Å²) >= 11 is 6.00. The van der Waals surface area contributed by atoms with Gasteiger partial charge in [0.05, 0.1) is 17.7 Å². The van der Waals surface area contributed by atoms with E-state index in [1.165, 1.54) is 17.0 Å². The average molecular weight is 464 g/mol. The summed E-state index contributed by atoms with van der Waals surface area (Å²) in [4.78, 5) is 27.6. The molecule has 0 bridgehead atoms. The zero-order valence-electron chi connectivity index (χ0n) is 18.0. The molecular weight excluding hydrogens is 442 g/mol. The van der Waals surface area contributed by atoms with Crippen molar-refractivity contribution in [3.05, 3.63) is 94.5 Å². The molecule has 1 aliphatic rings. The van der Waals surface area contributed by atoms with Gasteiger partial charge in [-0.2, -0.15) is 0 Å². The van der Waals surface area contributed by atoms with E-state index in [9.17, 15) is 19.8 Å². The Hall–Kier alpha value is -3.77. The molecule has 2 N–H and O–H groups in total. The first-order valence-electron chi connectivity index (χ1n) is 10.4. The summed E-state index contributed by atoms with van der Waals surface area (Å²) in [5.41, 5.74) is 1.31. The molecule has 0 spiro atoms. The van der Waals surface area contributed by atoms with Crippen LogP contribution in [-0.4, -0.2) is 28.0 Å². The SMILES string of the molecule is CC(C)Oc1cccc(/C(O)=C2/C(=O)C(=O)N(c3ccc(Cl)cc3)C2c2ccc(O)cc2)c1. The van der Waals surface area contributed by atoms with E-state index in [2.05, 4.69) is 0 Å². The predicted octanol–water partition coefficient (Wildman–Crippen LogP) is 5.46. The lowest BCUT2D eigenvalue weighted by molar-refractivity contribution is -0.132. The molecule has 1 atom stereocenters. The van der Waals surface area contributed by atoms with Gasteiger partial charge >= 0.3 is 0 Å². The number of carbonyl (C=O) groups excluding carboxylic acids is 2. The topological polar surface area (TPSA) is 87.1 Å². The van der Waals surface area contributed by atoms with E-state index in [4.69, 9.17) is 16.3 Å². The Morgan fingerprint density at radius 3 is 2.30 bits per heavy atom. The molecule has 1 fully saturated rings. The lowest BCUT2D eigenvalue weighted by atomic mass is 9.95. The number of ketones is 1. The maximum absolute atomic E-state index is 13.2. The van der Waals surface area contributed by atoms with Crippen molar-refractivity contribution in [1.29, 1.82) is 0 Å². The number of aliphatic hydroxyl groups excluding tert-OH is 1. The molecule has 6 nitrogen and oxygen atoms in total. The molecule has 33 heavy (non-hydrogen) atoms. The van der Waals surface area contributed by atoms with E-state index in [-0.39, 0.29) is 23.2 Å². The highest BCUT2D eigenvalue weighted by Crippen LogP contribution is 2.42. The second-order valence-electron chi connectivity index (χ2n) is 7.93. The average Bonchev–Trinajstić information content (AvgIpc) is 3.05. The van der Waals surface area contributed by atoms with Gasteiger partial charge in [-0.1, -0.05) is 35.9 Å². The number of nitrogens with zero attached hydrogens (tertiary/aromatic N) is 1. The van der Waals surface area contributed by atoms with Gasteiger partial charge in [-0.15, -0.1) is 0 Å². The number of ether oxygens (including phenoxy) is 1. The van der Waals surface area contributed by atoms with Crippen LogP contribution in [0.3, 0.4) is 0 Å². The van der Waals surface area contributed by atoms with Crippen molar-refractivity contribution in [3.63, 3.8) is 0 Å². The van der Waals surface area contributed by atoms with Gasteiger partial charge < -0.3 is 14.9 Å². The quantitative estimate of drug-likeness (QED) is 0.298. The second-order valence-corrected chi connectivity index (χ2v) is 8.37. The number of rotatable bonds is 5. The van der Waals surface area contributed by atoms with E-state index in [0.717, 1.165) is 0 Å². The minimum Gasteiger partial charge on any atom is -0.508 e. The van der Waals surface area contributed by atoms with Crippen molar-refractivity contribution in [3.8, 4) is 11.5 Å². The summed E-state index contributed by atoms with van der Waals surface area (Å²) in [5.74, 6) is -1.32. The van der Waals surface area contributed by atoms with Crippen LogP contribution in [0.1, 0.15) is 31.0 Å². The summed E-state index contributed by atoms with van der Waals surface area (Å²) in [5, 5.41) is 21.4. The van der Waals surface area contributed by atoms with Crippen LogP contribution >= 0.6 is 11.6 Å². The molecule has 7 heteroatoms. The fourth-order valence-corrected chi connectivity index (χ4v) is 3.94. The van der Waals surface area contributed by atoms with E-state index in [1.54, 1.807) is 60.7 Å². The van der Waals surface area contributed by atoms with Crippen LogP contribution < -0.4 is 9.64 Å². The van der Waals surface area contributed by atoms with Crippen LogP contribution in [0.4, 0.5) is 5.69 Å². The largest absolute Gasteiger partial charge is 0.508 e. The monoisotopic (exact) mass is 463 g/mol. The number of benzene rings is 3. The molecule has 4 rings (SSSR count). The predicted molar refractivity (Wildman–Crippen MR) is 127 cm³/mol. The molecule has 0 saturated carbocycles. The maximum atomic E-state index is 13.2. The number of carbonyl (C=O) groups is 2. The summed E-state index contributed by atoms with van der Waals surface area (Å²) in [7, 11) is 0. The highest BCUT2D eigenvalue weighted by molar-refractivity contribution is 6.51. The van der Waals surface area contributed by atoms with Crippen LogP contribution in [0.15, 0.2) is 78.4 Å². The third-order valence-electron chi connectivity index (χ3n) is 5.24. The normalized spacial score (nSPS) is 17.6. The first kappa shape index (κ1) is 22.4. The Morgan fingerprint density at radius 2 is 1.67 bits per heavy atom. The number of aromatic hydroxyl groups is 1. The summed E-state index contributed by atoms with van der Waals surface area (Å²) in [6, 6.07) is 18.5. The van der Waals surface area contributed by atoms with Gasteiger partial charge in [-0.3, -0.25) is 14.5 Å². The number of aliphatic hydroxyl groups is 1. The Labute approximate surface area is 196 Å². The van der Waals surface area contributed by atoms with E-state index >= 15 is 0 Å². The van der Waals surface area contributed by atoms with Gasteiger partial charge in [0.25, 0.3) is 11.7 Å². The second kappa shape index (κ2) is 9.00. The number of phenolic OH excluding ortho intramolecular Hbond substituents is 1. The molecule has 3 aromatic carbocycles. The van der Waals surface area contributed by atoms with Crippen LogP contribution in [0.5, 0.6) is 11.5 Å². The van der Waals surface area contributed by atoms with Crippen LogP contribution in [0, 0.1) is 0 Å². The van der Waals surface area contributed by atoms with Crippen molar-refractivity contribution in [2.24, 2.45) is 0 Å². The molecule has 0 aromatic heterocycles. The number of phenols is 1. The van der Waals surface area contributed by atoms with Gasteiger partial charge in [-0.25, -0.2) is 0 Å². The molecule has 1 saturated heterocycles. The Morgan fingerprint density at radius 1 is 1.00 bits per heavy atom. The fraction of sp³-hybridized carbons (Fsp3) is 0.154. The lowest BCUT2D eigenvalue weighted by Crippen LogP contribution is -2.29. The molecule has 1 aliphatic heterocycles. The van der Waals surface area contributed by atoms with Crippen molar-refractivity contribution >= 4 is 34.7 Å². The Kier molecular flexibility index (Phi) is 6.11. The number of hydrogen-bond donors (Lipinski definition) is 2. The summed E-state index contributed by atoms with van der Waals surface area (Å²) in [6.07, 6.45) is -0.0742. The summed E-state index contributed by atoms with van der Waals surface area (Å²) < 4.78 is 5.71. The van der Waals surface area contributed by atoms with Gasteiger partial charge in [0.1, 0.15) is 17.3 Å². The summed E-state index contributed by atoms with van der Waals surface area (Å²) in [6.45, 7) is 3.77. The van der Waals surface area contributed by atoms with E-state index in [0.29, 0.717) is 27.6 Å². The lowest BCUT2D eigenvalue weighted by Gasteiger charge is -2.25. The number of halogens is 1. The number of amides is 1. The van der Waals surface area contributed by atoms with Gasteiger partial charge in [0.2, 0.25) is 0 Å². The van der Waals surface area contributed by atoms with E-state index in [1.807, 2.05) is 13.8 Å². The third kappa shape index (κ3) is 4.43. The highest BCUT2D eigenvalue weighted by Gasteiger charge is 2.47. The highest BCUT2D eigenvalue weighted by atomic mass is 35.5. The van der Waals surface area contributed by atoms with Crippen molar-refractivity contribution < 1.29 is 24.5 Å². The van der Waals surface area contributed by atoms with Crippen molar-refractivity contribution in [2.45, 2.75) is 26.0 Å². The Bertz CT molecular complexity index is 1230. The standard InChI is InChI=1S/C26H22ClNO5/c1-15(2)33-21-5-3-4-17(14-21)24(30)22-23(16-6-12-20(29)13-7-16)28(26(32)25(22)31)19-10-8-18(27)9-11-19/h3-15,23,29-30H,1-2H3/b24-22-. The van der Waals surface area contributed by atoms with Gasteiger partial charge in [-0.05, 0) is 67.9 Å². The Balaban J connectivity index is 1.90. The fourth-order valence-electron chi connectivity index (χ4n) is 3.82. The smallest absolute Gasteiger partial charge is 0.300 e. The molecule has 0 radical (unpaired) electrons. The van der Waals surface area contributed by atoms with Gasteiger partial charge in [0.15, 0.2) is 0 Å². The molecule has 0 aliphatic carbocycles. The van der Waals surface area contributed by atoms with Crippen molar-refractivity contribution in [2.75, 3.05) is 4.90 Å². The van der Waals surface area contributed by atoms with Gasteiger partial charge in [0, 0.05) is 16.3 Å². The zero-order chi connectivity index (χ0) is 23.7. The third-order valence-corrected chi connectivity index (χ3v) is 5.49. The molecule has 168 valence electrons. The molecule has 1 heterocycles.